The first kappa shape index (κ1) is 19.4. The molecular formula is C18H24N6O2S. The summed E-state index contributed by atoms with van der Waals surface area (Å²) in [6.07, 6.45) is 3.54. The van der Waals surface area contributed by atoms with E-state index in [4.69, 9.17) is 0 Å². The van der Waals surface area contributed by atoms with Crippen molar-refractivity contribution in [2.75, 3.05) is 38.0 Å². The molecule has 1 fully saturated rings. The van der Waals surface area contributed by atoms with E-state index in [1.165, 1.54) is 18.3 Å². The molecule has 0 saturated carbocycles. The molecule has 8 nitrogen and oxygen atoms in total. The third kappa shape index (κ3) is 6.38. The molecule has 2 amide bonds. The predicted octanol–water partition coefficient (Wildman–Crippen LogP) is 0.931. The number of nitrogens with one attached hydrogen (secondary N) is 2. The molecule has 0 unspecified atom stereocenters. The van der Waals surface area contributed by atoms with Gasteiger partial charge in [0, 0.05) is 56.9 Å². The summed E-state index contributed by atoms with van der Waals surface area (Å²) in [5, 5.41) is 6.26. The van der Waals surface area contributed by atoms with Gasteiger partial charge in [0.05, 0.1) is 18.8 Å². The second-order valence-electron chi connectivity index (χ2n) is 6.46. The summed E-state index contributed by atoms with van der Waals surface area (Å²) in [7, 11) is 0. The highest BCUT2D eigenvalue weighted by atomic mass is 32.1. The van der Waals surface area contributed by atoms with Gasteiger partial charge in [-0.2, -0.15) is 0 Å². The molecule has 2 aromatic rings. The number of anilines is 1. The molecule has 3 heterocycles. The lowest BCUT2D eigenvalue weighted by atomic mass is 10.3. The monoisotopic (exact) mass is 388 g/mol. The van der Waals surface area contributed by atoms with Crippen molar-refractivity contribution in [3.8, 4) is 0 Å². The Morgan fingerprint density at radius 1 is 1.15 bits per heavy atom. The van der Waals surface area contributed by atoms with E-state index >= 15 is 0 Å². The molecule has 2 aromatic heterocycles. The molecule has 0 aliphatic carbocycles. The fourth-order valence-electron chi connectivity index (χ4n) is 2.87. The third-order valence-corrected chi connectivity index (χ3v) is 5.14. The van der Waals surface area contributed by atoms with Gasteiger partial charge < -0.3 is 10.6 Å². The first-order valence-electron chi connectivity index (χ1n) is 8.92. The number of rotatable bonds is 7. The highest BCUT2D eigenvalue weighted by Gasteiger charge is 2.19. The van der Waals surface area contributed by atoms with E-state index in [2.05, 4.69) is 30.4 Å². The van der Waals surface area contributed by atoms with Crippen molar-refractivity contribution in [1.29, 1.82) is 0 Å². The molecule has 0 aromatic carbocycles. The van der Waals surface area contributed by atoms with Crippen molar-refractivity contribution in [3.63, 3.8) is 0 Å². The number of pyridine rings is 1. The van der Waals surface area contributed by atoms with Crippen LogP contribution in [0.25, 0.3) is 0 Å². The quantitative estimate of drug-likeness (QED) is 0.733. The summed E-state index contributed by atoms with van der Waals surface area (Å²) < 4.78 is 0. The van der Waals surface area contributed by atoms with Crippen LogP contribution in [0.4, 0.5) is 5.13 Å². The van der Waals surface area contributed by atoms with Crippen LogP contribution >= 0.6 is 11.3 Å². The van der Waals surface area contributed by atoms with Crippen molar-refractivity contribution in [1.82, 2.24) is 25.1 Å². The fourth-order valence-corrected chi connectivity index (χ4v) is 3.77. The number of nitrogens with zero attached hydrogens (tertiary/aromatic N) is 4. The Morgan fingerprint density at radius 2 is 1.93 bits per heavy atom. The van der Waals surface area contributed by atoms with Crippen molar-refractivity contribution in [2.24, 2.45) is 0 Å². The molecule has 27 heavy (non-hydrogen) atoms. The van der Waals surface area contributed by atoms with E-state index in [1.54, 1.807) is 6.20 Å². The van der Waals surface area contributed by atoms with Gasteiger partial charge in [0.25, 0.3) is 0 Å². The minimum atomic E-state index is -0.106. The minimum absolute atomic E-state index is 0.0245. The van der Waals surface area contributed by atoms with Crippen LogP contribution in [0.2, 0.25) is 0 Å². The summed E-state index contributed by atoms with van der Waals surface area (Å²) in [5.74, 6) is -0.0812. The number of carbonyl (C=O) groups is 2. The second kappa shape index (κ2) is 9.54. The van der Waals surface area contributed by atoms with Crippen molar-refractivity contribution < 1.29 is 9.59 Å². The van der Waals surface area contributed by atoms with E-state index in [0.717, 1.165) is 43.3 Å². The SMILES string of the molecule is CC(=O)Nc1ncc(CN2CCN(CC(=O)NCc3ccccn3)CC2)s1. The zero-order valence-corrected chi connectivity index (χ0v) is 16.2. The molecule has 2 N–H and O–H groups in total. The number of hydrogen-bond donors (Lipinski definition) is 2. The highest BCUT2D eigenvalue weighted by molar-refractivity contribution is 7.15. The molecule has 3 rings (SSSR count). The Hall–Kier alpha value is -2.36. The Labute approximate surface area is 162 Å². The number of amides is 2. The van der Waals surface area contributed by atoms with Crippen LogP contribution in [-0.2, 0) is 22.7 Å². The summed E-state index contributed by atoms with van der Waals surface area (Å²) in [6.45, 7) is 6.68. The predicted molar refractivity (Wildman–Crippen MR) is 104 cm³/mol. The molecule has 0 radical (unpaired) electrons. The van der Waals surface area contributed by atoms with Gasteiger partial charge in [-0.15, -0.1) is 11.3 Å². The number of thiazole rings is 1. The van der Waals surface area contributed by atoms with Crippen LogP contribution in [-0.4, -0.2) is 64.3 Å². The van der Waals surface area contributed by atoms with E-state index in [1.807, 2.05) is 24.4 Å². The molecule has 1 saturated heterocycles. The summed E-state index contributed by atoms with van der Waals surface area (Å²) >= 11 is 1.50. The average Bonchev–Trinajstić information content (AvgIpc) is 3.08. The van der Waals surface area contributed by atoms with Crippen LogP contribution in [0.1, 0.15) is 17.5 Å². The lowest BCUT2D eigenvalue weighted by Gasteiger charge is -2.33. The van der Waals surface area contributed by atoms with E-state index in [-0.39, 0.29) is 11.8 Å². The smallest absolute Gasteiger partial charge is 0.234 e. The van der Waals surface area contributed by atoms with E-state index in [0.29, 0.717) is 18.2 Å². The second-order valence-corrected chi connectivity index (χ2v) is 7.58. The van der Waals surface area contributed by atoms with Crippen molar-refractivity contribution >= 4 is 28.3 Å². The molecule has 0 bridgehead atoms. The van der Waals surface area contributed by atoms with E-state index in [9.17, 15) is 9.59 Å². The van der Waals surface area contributed by atoms with Gasteiger partial charge in [0.15, 0.2) is 5.13 Å². The maximum Gasteiger partial charge on any atom is 0.234 e. The Kier molecular flexibility index (Phi) is 6.86. The maximum atomic E-state index is 12.1. The maximum absolute atomic E-state index is 12.1. The van der Waals surface area contributed by atoms with Crippen molar-refractivity contribution in [3.05, 3.63) is 41.2 Å². The number of hydrogen-bond acceptors (Lipinski definition) is 7. The van der Waals surface area contributed by atoms with Crippen LogP contribution in [0.3, 0.4) is 0 Å². The molecule has 1 aliphatic heterocycles. The lowest BCUT2D eigenvalue weighted by molar-refractivity contribution is -0.122. The minimum Gasteiger partial charge on any atom is -0.349 e. The average molecular weight is 388 g/mol. The lowest BCUT2D eigenvalue weighted by Crippen LogP contribution is -2.49. The third-order valence-electron chi connectivity index (χ3n) is 4.24. The van der Waals surface area contributed by atoms with Crippen LogP contribution in [0.15, 0.2) is 30.6 Å². The molecular weight excluding hydrogens is 364 g/mol. The Bertz CT molecular complexity index is 758. The standard InChI is InChI=1S/C18H24N6O2S/c1-14(25)22-18-21-11-16(27-18)12-23-6-8-24(9-7-23)13-17(26)20-10-15-4-2-3-5-19-15/h2-5,11H,6-10,12-13H2,1H3,(H,20,26)(H,21,22,25). The fraction of sp³-hybridized carbons (Fsp3) is 0.444. The Balaban J connectivity index is 1.36. The van der Waals surface area contributed by atoms with Gasteiger partial charge in [-0.25, -0.2) is 4.98 Å². The van der Waals surface area contributed by atoms with Gasteiger partial charge in [-0.1, -0.05) is 6.07 Å². The van der Waals surface area contributed by atoms with Gasteiger partial charge in [-0.3, -0.25) is 24.4 Å². The molecule has 0 atom stereocenters. The zero-order valence-electron chi connectivity index (χ0n) is 15.4. The summed E-state index contributed by atoms with van der Waals surface area (Å²) in [4.78, 5) is 37.2. The molecule has 1 aliphatic rings. The van der Waals surface area contributed by atoms with Crippen LogP contribution < -0.4 is 10.6 Å². The summed E-state index contributed by atoms with van der Waals surface area (Å²) in [5.41, 5.74) is 0.860. The van der Waals surface area contributed by atoms with Gasteiger partial charge in [0.1, 0.15) is 0 Å². The first-order chi connectivity index (χ1) is 13.1. The molecule has 0 spiro atoms. The zero-order chi connectivity index (χ0) is 19.1. The molecule has 144 valence electrons. The topological polar surface area (TPSA) is 90.5 Å². The Morgan fingerprint density at radius 3 is 2.63 bits per heavy atom. The molecule has 9 heteroatoms. The van der Waals surface area contributed by atoms with E-state index < -0.39 is 0 Å². The number of carbonyl (C=O) groups excluding carboxylic acids is 2. The van der Waals surface area contributed by atoms with Crippen LogP contribution in [0.5, 0.6) is 0 Å². The van der Waals surface area contributed by atoms with Gasteiger partial charge in [-0.05, 0) is 12.1 Å². The number of piperazine rings is 1. The number of aromatic nitrogens is 2. The largest absolute Gasteiger partial charge is 0.349 e. The van der Waals surface area contributed by atoms with Gasteiger partial charge in [0.2, 0.25) is 11.8 Å². The van der Waals surface area contributed by atoms with Gasteiger partial charge >= 0.3 is 0 Å². The highest BCUT2D eigenvalue weighted by Crippen LogP contribution is 2.20. The normalized spacial score (nSPS) is 15.4. The van der Waals surface area contributed by atoms with Crippen molar-refractivity contribution in [2.45, 2.75) is 20.0 Å². The summed E-state index contributed by atoms with van der Waals surface area (Å²) in [6, 6.07) is 5.67. The van der Waals surface area contributed by atoms with Crippen LogP contribution in [0, 0.1) is 0 Å². The first-order valence-corrected chi connectivity index (χ1v) is 9.74.